The Kier molecular flexibility index (Phi) is 12.9. The number of rotatable bonds is 14. The largest absolute Gasteiger partial charge is 0.508 e. The number of nitrogens with two attached hydrogens (primary N) is 1. The number of nitrogens with one attached hydrogen (secondary N) is 2. The van der Waals surface area contributed by atoms with Crippen LogP contribution in [0.5, 0.6) is 5.75 Å². The number of carbonyl (C=O) groups excluding carboxylic acids is 4. The highest BCUT2D eigenvalue weighted by atomic mass is 16.6. The lowest BCUT2D eigenvalue weighted by Crippen LogP contribution is -2.54. The third-order valence-electron chi connectivity index (χ3n) is 5.56. The zero-order valence-corrected chi connectivity index (χ0v) is 23.0. The first-order chi connectivity index (χ1) is 17.3. The summed E-state index contributed by atoms with van der Waals surface area (Å²) < 4.78 is 5.32. The molecular formula is C27H44N4O6. The second-order valence-corrected chi connectivity index (χ2v) is 10.3. The monoisotopic (exact) mass is 520 g/mol. The van der Waals surface area contributed by atoms with Crippen LogP contribution in [0.1, 0.15) is 91.7 Å². The lowest BCUT2D eigenvalue weighted by molar-refractivity contribution is -0.143. The highest BCUT2D eigenvalue weighted by Crippen LogP contribution is 2.27. The quantitative estimate of drug-likeness (QED) is 0.295. The molecule has 0 aliphatic rings. The molecule has 0 aromatic heterocycles. The normalized spacial score (nSPS) is 13.7. The number of aromatic hydroxyl groups is 1. The first kappa shape index (κ1) is 31.7. The van der Waals surface area contributed by atoms with Crippen molar-refractivity contribution in [3.05, 3.63) is 29.8 Å². The van der Waals surface area contributed by atoms with Crippen molar-refractivity contribution in [1.29, 1.82) is 0 Å². The standard InChI is InChI=1S/C27H44N4O6/c1-7-9-16-31(25(35)21(14-15-22(28)33)30-26(36)37-27(4,5)6)23(19-12-10-13-20(32)17-19)24(34)29-18(3)11-8-2/h10,12-13,17-18,21,23,32H,7-9,11,14-16H2,1-6H3,(H2,28,33)(H,29,34)(H,30,36). The number of alkyl carbamates (subject to hydrolysis) is 1. The van der Waals surface area contributed by atoms with Gasteiger partial charge in [0.25, 0.3) is 0 Å². The molecule has 0 heterocycles. The van der Waals surface area contributed by atoms with E-state index in [2.05, 4.69) is 10.6 Å². The molecule has 10 heteroatoms. The van der Waals surface area contributed by atoms with E-state index in [1.54, 1.807) is 32.9 Å². The fourth-order valence-electron chi connectivity index (χ4n) is 3.88. The number of nitrogens with zero attached hydrogens (tertiary/aromatic N) is 1. The summed E-state index contributed by atoms with van der Waals surface area (Å²) in [6.07, 6.45) is 1.93. The van der Waals surface area contributed by atoms with Crippen LogP contribution in [0, 0.1) is 0 Å². The van der Waals surface area contributed by atoms with Crippen molar-refractivity contribution in [2.75, 3.05) is 6.54 Å². The molecule has 0 aliphatic carbocycles. The van der Waals surface area contributed by atoms with Gasteiger partial charge in [-0.1, -0.05) is 38.8 Å². The first-order valence-electron chi connectivity index (χ1n) is 13.0. The Morgan fingerprint density at radius 2 is 1.76 bits per heavy atom. The Bertz CT molecular complexity index is 914. The van der Waals surface area contributed by atoms with Crippen LogP contribution in [0.2, 0.25) is 0 Å². The fraction of sp³-hybridized carbons (Fsp3) is 0.630. The molecule has 0 radical (unpaired) electrons. The summed E-state index contributed by atoms with van der Waals surface area (Å²) in [5.41, 5.74) is 4.95. The summed E-state index contributed by atoms with van der Waals surface area (Å²) in [6.45, 7) is 11.2. The molecule has 3 unspecified atom stereocenters. The van der Waals surface area contributed by atoms with Gasteiger partial charge in [-0.2, -0.15) is 0 Å². The molecule has 208 valence electrons. The first-order valence-corrected chi connectivity index (χ1v) is 13.0. The van der Waals surface area contributed by atoms with Crippen LogP contribution < -0.4 is 16.4 Å². The van der Waals surface area contributed by atoms with Crippen LogP contribution in [-0.2, 0) is 19.1 Å². The second-order valence-electron chi connectivity index (χ2n) is 10.3. The van der Waals surface area contributed by atoms with E-state index in [-0.39, 0.29) is 31.2 Å². The number of phenolic OH excluding ortho intramolecular Hbond substituents is 1. The van der Waals surface area contributed by atoms with E-state index in [1.165, 1.54) is 17.0 Å². The van der Waals surface area contributed by atoms with Gasteiger partial charge < -0.3 is 31.1 Å². The molecule has 1 aromatic rings. The summed E-state index contributed by atoms with van der Waals surface area (Å²) in [7, 11) is 0. The molecule has 0 fully saturated rings. The molecule has 0 saturated carbocycles. The molecule has 0 aliphatic heterocycles. The van der Waals surface area contributed by atoms with Crippen molar-refractivity contribution in [3.63, 3.8) is 0 Å². The predicted octanol–water partition coefficient (Wildman–Crippen LogP) is 3.53. The molecule has 1 aromatic carbocycles. The molecule has 4 amide bonds. The number of phenols is 1. The van der Waals surface area contributed by atoms with Crippen LogP contribution in [0.25, 0.3) is 0 Å². The number of carbonyl (C=O) groups is 4. The lowest BCUT2D eigenvalue weighted by Gasteiger charge is -2.35. The van der Waals surface area contributed by atoms with Crippen LogP contribution in [0.4, 0.5) is 4.79 Å². The van der Waals surface area contributed by atoms with Gasteiger partial charge >= 0.3 is 6.09 Å². The number of amides is 4. The van der Waals surface area contributed by atoms with Gasteiger partial charge in [-0.3, -0.25) is 14.4 Å². The highest BCUT2D eigenvalue weighted by Gasteiger charge is 2.36. The van der Waals surface area contributed by atoms with Crippen molar-refractivity contribution >= 4 is 23.8 Å². The van der Waals surface area contributed by atoms with E-state index >= 15 is 0 Å². The highest BCUT2D eigenvalue weighted by molar-refractivity contribution is 5.92. The van der Waals surface area contributed by atoms with Crippen LogP contribution in [0.3, 0.4) is 0 Å². The van der Waals surface area contributed by atoms with E-state index in [1.807, 2.05) is 20.8 Å². The van der Waals surface area contributed by atoms with E-state index in [9.17, 15) is 24.3 Å². The zero-order chi connectivity index (χ0) is 28.2. The molecule has 0 saturated heterocycles. The molecule has 10 nitrogen and oxygen atoms in total. The van der Waals surface area contributed by atoms with Crippen molar-refractivity contribution < 1.29 is 29.0 Å². The second kappa shape index (κ2) is 15.1. The van der Waals surface area contributed by atoms with Gasteiger partial charge in [-0.05, 0) is 64.7 Å². The average Bonchev–Trinajstić information content (AvgIpc) is 2.77. The number of hydrogen-bond donors (Lipinski definition) is 4. The summed E-state index contributed by atoms with van der Waals surface area (Å²) in [6, 6.07) is 3.84. The Labute approximate surface area is 220 Å². The van der Waals surface area contributed by atoms with Crippen molar-refractivity contribution in [3.8, 4) is 5.75 Å². The fourth-order valence-corrected chi connectivity index (χ4v) is 3.88. The minimum atomic E-state index is -1.15. The molecular weight excluding hydrogens is 476 g/mol. The van der Waals surface area contributed by atoms with Crippen molar-refractivity contribution in [2.45, 2.75) is 104 Å². The van der Waals surface area contributed by atoms with E-state index in [0.29, 0.717) is 12.0 Å². The van der Waals surface area contributed by atoms with Crippen molar-refractivity contribution in [2.24, 2.45) is 5.73 Å². The Morgan fingerprint density at radius 1 is 1.08 bits per heavy atom. The number of unbranched alkanes of at least 4 members (excludes halogenated alkanes) is 1. The van der Waals surface area contributed by atoms with Gasteiger partial charge in [0.05, 0.1) is 0 Å². The van der Waals surface area contributed by atoms with Crippen LogP contribution in [-0.4, -0.2) is 58.1 Å². The molecule has 3 atom stereocenters. The van der Waals surface area contributed by atoms with E-state index in [0.717, 1.165) is 19.3 Å². The summed E-state index contributed by atoms with van der Waals surface area (Å²) in [4.78, 5) is 53.0. The van der Waals surface area contributed by atoms with Gasteiger partial charge in [0.1, 0.15) is 23.4 Å². The SMILES string of the molecule is CCCCN(C(=O)C(CCC(N)=O)NC(=O)OC(C)(C)C)C(C(=O)NC(C)CCC)c1cccc(O)c1. The number of primary amides is 1. The third kappa shape index (κ3) is 11.5. The Balaban J connectivity index is 3.48. The van der Waals surface area contributed by atoms with Crippen LogP contribution >= 0.6 is 0 Å². The molecule has 5 N–H and O–H groups in total. The lowest BCUT2D eigenvalue weighted by atomic mass is 10.00. The zero-order valence-electron chi connectivity index (χ0n) is 23.0. The Hall–Kier alpha value is -3.30. The number of ether oxygens (including phenoxy) is 1. The average molecular weight is 521 g/mol. The van der Waals surface area contributed by atoms with Gasteiger partial charge in [0, 0.05) is 19.0 Å². The smallest absolute Gasteiger partial charge is 0.408 e. The summed E-state index contributed by atoms with van der Waals surface area (Å²) in [5.74, 6) is -1.62. The van der Waals surface area contributed by atoms with Crippen molar-refractivity contribution in [1.82, 2.24) is 15.5 Å². The third-order valence-corrected chi connectivity index (χ3v) is 5.56. The molecule has 0 spiro atoms. The number of benzene rings is 1. The van der Waals surface area contributed by atoms with Gasteiger partial charge in [0.15, 0.2) is 0 Å². The van der Waals surface area contributed by atoms with Gasteiger partial charge in [-0.25, -0.2) is 4.79 Å². The molecule has 37 heavy (non-hydrogen) atoms. The molecule has 0 bridgehead atoms. The maximum atomic E-state index is 13.9. The van der Waals surface area contributed by atoms with E-state index in [4.69, 9.17) is 10.5 Å². The minimum Gasteiger partial charge on any atom is -0.508 e. The number of hydrogen-bond acceptors (Lipinski definition) is 6. The topological polar surface area (TPSA) is 151 Å². The predicted molar refractivity (Wildman–Crippen MR) is 142 cm³/mol. The maximum absolute atomic E-state index is 13.9. The maximum Gasteiger partial charge on any atom is 0.408 e. The summed E-state index contributed by atoms with van der Waals surface area (Å²) >= 11 is 0. The van der Waals surface area contributed by atoms with Crippen LogP contribution in [0.15, 0.2) is 24.3 Å². The summed E-state index contributed by atoms with van der Waals surface area (Å²) in [5, 5.41) is 15.7. The molecule has 1 rings (SSSR count). The minimum absolute atomic E-state index is 0.0445. The van der Waals surface area contributed by atoms with Gasteiger partial charge in [-0.15, -0.1) is 0 Å². The van der Waals surface area contributed by atoms with E-state index < -0.39 is 41.5 Å². The Morgan fingerprint density at radius 3 is 2.30 bits per heavy atom. The van der Waals surface area contributed by atoms with Gasteiger partial charge in [0.2, 0.25) is 17.7 Å².